The van der Waals surface area contributed by atoms with Crippen LogP contribution in [0.3, 0.4) is 0 Å². The van der Waals surface area contributed by atoms with Crippen LogP contribution >= 0.6 is 31.9 Å². The molecule has 0 aliphatic carbocycles. The van der Waals surface area contributed by atoms with Crippen LogP contribution in [0.1, 0.15) is 5.56 Å². The number of hydrogen-bond donors (Lipinski definition) is 1. The fourth-order valence-electron chi connectivity index (χ4n) is 2.13. The molecule has 3 rings (SSSR count). The molecule has 3 aromatic rings. The Labute approximate surface area is 136 Å². The van der Waals surface area contributed by atoms with Gasteiger partial charge in [0.15, 0.2) is 0 Å². The molecule has 7 heteroatoms. The molecule has 0 atom stereocenters. The van der Waals surface area contributed by atoms with Gasteiger partial charge in [-0.2, -0.15) is 5.26 Å². The second kappa shape index (κ2) is 5.13. The summed E-state index contributed by atoms with van der Waals surface area (Å²) in [5, 5.41) is 9.25. The molecule has 0 aliphatic rings. The summed E-state index contributed by atoms with van der Waals surface area (Å²) in [5.74, 6) is -0.228. The van der Waals surface area contributed by atoms with E-state index in [-0.39, 0.29) is 5.95 Å². The minimum atomic E-state index is -0.419. The first-order chi connectivity index (χ1) is 10.0. The SMILES string of the molecule is N#Cc1ccc(Br)cc1-n1c(N)nc2cc(Br)c(F)cc21. The van der Waals surface area contributed by atoms with Gasteiger partial charge in [0, 0.05) is 10.5 Å². The van der Waals surface area contributed by atoms with E-state index in [1.807, 2.05) is 0 Å². The third-order valence-electron chi connectivity index (χ3n) is 3.04. The van der Waals surface area contributed by atoms with Gasteiger partial charge in [-0.05, 0) is 40.2 Å². The third-order valence-corrected chi connectivity index (χ3v) is 4.14. The Kier molecular flexibility index (Phi) is 3.43. The highest BCUT2D eigenvalue weighted by Gasteiger charge is 2.15. The van der Waals surface area contributed by atoms with Gasteiger partial charge in [-0.25, -0.2) is 9.37 Å². The molecule has 1 aromatic heterocycles. The van der Waals surface area contributed by atoms with E-state index in [9.17, 15) is 9.65 Å². The van der Waals surface area contributed by atoms with E-state index in [1.165, 1.54) is 6.07 Å². The number of nitriles is 1. The van der Waals surface area contributed by atoms with Gasteiger partial charge < -0.3 is 5.73 Å². The van der Waals surface area contributed by atoms with Gasteiger partial charge in [-0.1, -0.05) is 15.9 Å². The summed E-state index contributed by atoms with van der Waals surface area (Å²) in [7, 11) is 0. The molecule has 0 unspecified atom stereocenters. The summed E-state index contributed by atoms with van der Waals surface area (Å²) in [4.78, 5) is 4.22. The number of imidazole rings is 1. The molecule has 0 amide bonds. The Bertz CT molecular complexity index is 911. The first kappa shape index (κ1) is 14.0. The van der Waals surface area contributed by atoms with E-state index in [2.05, 4.69) is 42.9 Å². The van der Waals surface area contributed by atoms with E-state index in [0.29, 0.717) is 26.8 Å². The summed E-state index contributed by atoms with van der Waals surface area (Å²) in [5.41, 5.74) is 7.97. The minimum absolute atomic E-state index is 0.192. The van der Waals surface area contributed by atoms with Crippen molar-refractivity contribution in [2.24, 2.45) is 0 Å². The highest BCUT2D eigenvalue weighted by Crippen LogP contribution is 2.30. The number of aromatic nitrogens is 2. The third kappa shape index (κ3) is 2.30. The van der Waals surface area contributed by atoms with Gasteiger partial charge in [0.05, 0.1) is 26.8 Å². The van der Waals surface area contributed by atoms with Gasteiger partial charge in [-0.15, -0.1) is 0 Å². The molecule has 0 fully saturated rings. The van der Waals surface area contributed by atoms with Crippen molar-refractivity contribution in [3.63, 3.8) is 0 Å². The van der Waals surface area contributed by atoms with Gasteiger partial charge in [0.2, 0.25) is 5.95 Å². The zero-order valence-electron chi connectivity index (χ0n) is 10.4. The van der Waals surface area contributed by atoms with Gasteiger partial charge in [0.25, 0.3) is 0 Å². The monoisotopic (exact) mass is 408 g/mol. The number of nitrogen functional groups attached to an aromatic ring is 1. The smallest absolute Gasteiger partial charge is 0.205 e. The highest BCUT2D eigenvalue weighted by atomic mass is 79.9. The summed E-state index contributed by atoms with van der Waals surface area (Å²) >= 11 is 6.48. The predicted molar refractivity (Wildman–Crippen MR) is 85.6 cm³/mol. The van der Waals surface area contributed by atoms with Crippen LogP contribution in [0, 0.1) is 17.1 Å². The predicted octanol–water partition coefficient (Wildman–Crippen LogP) is 4.14. The van der Waals surface area contributed by atoms with Crippen LogP contribution in [0.5, 0.6) is 0 Å². The molecule has 104 valence electrons. The molecule has 0 saturated carbocycles. The number of rotatable bonds is 1. The molecule has 0 spiro atoms. The molecule has 2 N–H and O–H groups in total. The largest absolute Gasteiger partial charge is 0.369 e. The standard InChI is InChI=1S/C14H7Br2FN4/c15-8-2-1-7(6-18)12(3-8)21-13-5-10(17)9(16)4-11(13)20-14(21)19/h1-5H,(H2,19,20). The van der Waals surface area contributed by atoms with Crippen molar-refractivity contribution in [3.05, 3.63) is 50.7 Å². The summed E-state index contributed by atoms with van der Waals surface area (Å²) in [6.45, 7) is 0. The van der Waals surface area contributed by atoms with E-state index < -0.39 is 5.82 Å². The zero-order chi connectivity index (χ0) is 15.1. The maximum Gasteiger partial charge on any atom is 0.205 e. The lowest BCUT2D eigenvalue weighted by Crippen LogP contribution is -2.03. The van der Waals surface area contributed by atoms with Crippen molar-refractivity contribution < 1.29 is 4.39 Å². The Hall–Kier alpha value is -1.91. The van der Waals surface area contributed by atoms with E-state index in [4.69, 9.17) is 5.73 Å². The second-order valence-corrected chi connectivity index (χ2v) is 6.10. The fourth-order valence-corrected chi connectivity index (χ4v) is 2.81. The lowest BCUT2D eigenvalue weighted by Gasteiger charge is -2.09. The van der Waals surface area contributed by atoms with Crippen molar-refractivity contribution in [1.29, 1.82) is 5.26 Å². The fraction of sp³-hybridized carbons (Fsp3) is 0. The van der Waals surface area contributed by atoms with Crippen LogP contribution in [0.4, 0.5) is 10.3 Å². The molecule has 0 aliphatic heterocycles. The molecular formula is C14H7Br2FN4. The van der Waals surface area contributed by atoms with E-state index >= 15 is 0 Å². The summed E-state index contributed by atoms with van der Waals surface area (Å²) in [6, 6.07) is 10.2. The lowest BCUT2D eigenvalue weighted by molar-refractivity contribution is 0.622. The molecule has 0 radical (unpaired) electrons. The first-order valence-corrected chi connectivity index (χ1v) is 7.43. The van der Waals surface area contributed by atoms with Gasteiger partial charge in [-0.3, -0.25) is 4.57 Å². The Morgan fingerprint density at radius 1 is 1.24 bits per heavy atom. The number of nitrogens with two attached hydrogens (primary N) is 1. The van der Waals surface area contributed by atoms with Crippen LogP contribution in [-0.4, -0.2) is 9.55 Å². The number of hydrogen-bond acceptors (Lipinski definition) is 3. The Balaban J connectivity index is 2.41. The van der Waals surface area contributed by atoms with Gasteiger partial charge >= 0.3 is 0 Å². The molecule has 1 heterocycles. The van der Waals surface area contributed by atoms with Crippen LogP contribution in [0.25, 0.3) is 16.7 Å². The number of halogens is 3. The Morgan fingerprint density at radius 2 is 2.00 bits per heavy atom. The maximum absolute atomic E-state index is 13.8. The van der Waals surface area contributed by atoms with E-state index in [0.717, 1.165) is 4.47 Å². The van der Waals surface area contributed by atoms with Crippen LogP contribution in [0.15, 0.2) is 39.3 Å². The molecular weight excluding hydrogens is 403 g/mol. The normalized spacial score (nSPS) is 10.8. The first-order valence-electron chi connectivity index (χ1n) is 5.84. The average Bonchev–Trinajstić information content (AvgIpc) is 2.74. The molecule has 4 nitrogen and oxygen atoms in total. The van der Waals surface area contributed by atoms with E-state index in [1.54, 1.807) is 28.8 Å². The number of fused-ring (bicyclic) bond motifs is 1. The van der Waals surface area contributed by atoms with Crippen molar-refractivity contribution in [1.82, 2.24) is 9.55 Å². The minimum Gasteiger partial charge on any atom is -0.369 e. The second-order valence-electron chi connectivity index (χ2n) is 4.33. The van der Waals surface area contributed by atoms with Crippen LogP contribution < -0.4 is 5.73 Å². The highest BCUT2D eigenvalue weighted by molar-refractivity contribution is 9.10. The number of benzene rings is 2. The number of anilines is 1. The zero-order valence-corrected chi connectivity index (χ0v) is 13.6. The maximum atomic E-state index is 13.8. The molecule has 0 saturated heterocycles. The van der Waals surface area contributed by atoms with Crippen LogP contribution in [-0.2, 0) is 0 Å². The van der Waals surface area contributed by atoms with Crippen molar-refractivity contribution in [2.45, 2.75) is 0 Å². The quantitative estimate of drug-likeness (QED) is 0.656. The van der Waals surface area contributed by atoms with Crippen LogP contribution in [0.2, 0.25) is 0 Å². The topological polar surface area (TPSA) is 67.6 Å². The summed E-state index contributed by atoms with van der Waals surface area (Å²) < 4.78 is 16.5. The van der Waals surface area contributed by atoms with Crippen molar-refractivity contribution >= 4 is 48.8 Å². The Morgan fingerprint density at radius 3 is 2.71 bits per heavy atom. The number of nitrogens with zero attached hydrogens (tertiary/aromatic N) is 3. The average molecular weight is 410 g/mol. The molecule has 21 heavy (non-hydrogen) atoms. The van der Waals surface area contributed by atoms with Crippen molar-refractivity contribution in [2.75, 3.05) is 5.73 Å². The van der Waals surface area contributed by atoms with Gasteiger partial charge in [0.1, 0.15) is 11.9 Å². The molecule has 0 bridgehead atoms. The van der Waals surface area contributed by atoms with Crippen molar-refractivity contribution in [3.8, 4) is 11.8 Å². The lowest BCUT2D eigenvalue weighted by atomic mass is 10.2. The molecule has 2 aromatic carbocycles. The summed E-state index contributed by atoms with van der Waals surface area (Å²) in [6.07, 6.45) is 0.